The molecule has 4 fully saturated rings. The SMILES string of the molecule is CCCCCCCCCCCCCCCCCCOC(=O)CC[C@@H](C)[C@H]1CC[C@H]2[C@@H]3CCC4CC(OC(F)(F)C(F)(F)C(F)(F)C(F)(F)c5cc(N)cc(N)c5)CC[C@]4(C)[C@H]3CC[C@]12C. The summed E-state index contributed by atoms with van der Waals surface area (Å²) >= 11 is 0. The number of benzene rings is 1. The number of ether oxygens (including phenoxy) is 2. The number of nitrogens with two attached hydrogens (primary N) is 2. The molecule has 0 saturated heterocycles. The second-order valence-electron chi connectivity index (χ2n) is 21.6. The first-order valence-electron chi connectivity index (χ1n) is 25.6. The van der Waals surface area contributed by atoms with Crippen LogP contribution in [-0.4, -0.2) is 36.6 Å². The Kier molecular flexibility index (Phi) is 18.9. The van der Waals surface area contributed by atoms with Crippen molar-refractivity contribution in [3.63, 3.8) is 0 Å². The fourth-order valence-corrected chi connectivity index (χ4v) is 13.5. The standard InChI is InChI=1S/C52H82F8N2O3/c1-5-6-7-8-9-10-11-12-13-14-15-16-17-18-19-20-31-64-46(63)26-21-36(2)43-24-25-44-42-23-22-37-34-41(27-29-47(37,3)45(42)28-30-48(43,44)4)65-52(59,60)51(57,58)50(55,56)49(53,54)38-32-39(61)35-40(62)33-38/h32-33,35-37,41-45H,5-31,34,61-62H2,1-4H3/t36-,37?,41?,42+,43-,44+,45+,47+,48-/m1/s1. The number of esters is 1. The summed E-state index contributed by atoms with van der Waals surface area (Å²) in [5.41, 5.74) is 7.88. The van der Waals surface area contributed by atoms with Crippen LogP contribution in [0.15, 0.2) is 18.2 Å². The fraction of sp³-hybridized carbons (Fsp3) is 0.865. The molecule has 9 atom stereocenters. The number of fused-ring (bicyclic) bond motifs is 5. The van der Waals surface area contributed by atoms with Crippen LogP contribution >= 0.6 is 0 Å². The summed E-state index contributed by atoms with van der Waals surface area (Å²) < 4.78 is 131. The summed E-state index contributed by atoms with van der Waals surface area (Å²) in [4.78, 5) is 12.8. The van der Waals surface area contributed by atoms with E-state index in [1.165, 1.54) is 89.9 Å². The van der Waals surface area contributed by atoms with Gasteiger partial charge >= 0.3 is 29.8 Å². The summed E-state index contributed by atoms with van der Waals surface area (Å²) in [5, 5.41) is 0. The zero-order valence-electron chi connectivity index (χ0n) is 40.0. The highest BCUT2D eigenvalue weighted by Crippen LogP contribution is 2.69. The van der Waals surface area contributed by atoms with Gasteiger partial charge in [-0.25, -0.2) is 0 Å². The Morgan fingerprint density at radius 2 is 1.20 bits per heavy atom. The van der Waals surface area contributed by atoms with Crippen molar-refractivity contribution >= 4 is 17.3 Å². The molecule has 4 aliphatic rings. The van der Waals surface area contributed by atoms with Crippen LogP contribution in [0.25, 0.3) is 0 Å². The number of carbonyl (C=O) groups is 1. The molecule has 4 aliphatic carbocycles. The molecule has 0 aliphatic heterocycles. The molecule has 5 nitrogen and oxygen atoms in total. The first-order chi connectivity index (χ1) is 30.6. The Labute approximate surface area is 385 Å². The van der Waals surface area contributed by atoms with E-state index in [1.54, 1.807) is 0 Å². The maximum atomic E-state index is 15.2. The molecule has 5 rings (SSSR count). The van der Waals surface area contributed by atoms with Crippen molar-refractivity contribution < 1.29 is 49.4 Å². The number of anilines is 2. The van der Waals surface area contributed by atoms with Gasteiger partial charge in [-0.3, -0.25) is 4.79 Å². The number of nitrogen functional groups attached to an aromatic ring is 2. The molecule has 4 N–H and O–H groups in total. The van der Waals surface area contributed by atoms with Crippen LogP contribution < -0.4 is 11.5 Å². The van der Waals surface area contributed by atoms with Crippen molar-refractivity contribution in [2.24, 2.45) is 46.3 Å². The van der Waals surface area contributed by atoms with Crippen LogP contribution in [0, 0.1) is 46.3 Å². The number of carbonyl (C=O) groups excluding carboxylic acids is 1. The lowest BCUT2D eigenvalue weighted by atomic mass is 9.44. The largest absolute Gasteiger partial charge is 0.466 e. The molecule has 0 spiro atoms. The second kappa shape index (κ2) is 22.9. The van der Waals surface area contributed by atoms with E-state index in [-0.39, 0.29) is 41.5 Å². The Bertz CT molecular complexity index is 1630. The zero-order chi connectivity index (χ0) is 47.7. The second-order valence-corrected chi connectivity index (χ2v) is 21.6. The average molecular weight is 935 g/mol. The predicted octanol–water partition coefficient (Wildman–Crippen LogP) is 16.1. The normalized spacial score (nSPS) is 28.9. The van der Waals surface area contributed by atoms with Crippen LogP contribution in [0.3, 0.4) is 0 Å². The van der Waals surface area contributed by atoms with Gasteiger partial charge in [-0.05, 0) is 135 Å². The third-order valence-corrected chi connectivity index (χ3v) is 17.3. The molecule has 65 heavy (non-hydrogen) atoms. The average Bonchev–Trinajstić information content (AvgIpc) is 3.60. The lowest BCUT2D eigenvalue weighted by Crippen LogP contribution is -2.63. The first kappa shape index (κ1) is 53.6. The molecule has 0 heterocycles. The molecule has 374 valence electrons. The maximum Gasteiger partial charge on any atom is 0.426 e. The van der Waals surface area contributed by atoms with E-state index < -0.39 is 46.9 Å². The fourth-order valence-electron chi connectivity index (χ4n) is 13.5. The van der Waals surface area contributed by atoms with E-state index in [0.717, 1.165) is 57.4 Å². The van der Waals surface area contributed by atoms with E-state index >= 15 is 17.6 Å². The lowest BCUT2D eigenvalue weighted by molar-refractivity contribution is -0.439. The monoisotopic (exact) mass is 935 g/mol. The Balaban J connectivity index is 1.01. The van der Waals surface area contributed by atoms with Crippen LogP contribution in [0.4, 0.5) is 46.5 Å². The summed E-state index contributed by atoms with van der Waals surface area (Å²) in [7, 11) is 0. The molecular weight excluding hydrogens is 853 g/mol. The van der Waals surface area contributed by atoms with Crippen molar-refractivity contribution in [3.05, 3.63) is 23.8 Å². The molecule has 1 aromatic carbocycles. The van der Waals surface area contributed by atoms with Crippen molar-refractivity contribution in [1.29, 1.82) is 0 Å². The topological polar surface area (TPSA) is 87.6 Å². The lowest BCUT2D eigenvalue weighted by Gasteiger charge is -2.61. The number of unbranched alkanes of at least 4 members (excludes halogenated alkanes) is 15. The van der Waals surface area contributed by atoms with Gasteiger partial charge in [-0.2, -0.15) is 35.1 Å². The number of rotatable bonds is 27. The smallest absolute Gasteiger partial charge is 0.426 e. The first-order valence-corrected chi connectivity index (χ1v) is 25.6. The van der Waals surface area contributed by atoms with Crippen LogP contribution in [0.5, 0.6) is 0 Å². The Hall–Kier alpha value is -2.31. The minimum absolute atomic E-state index is 0.0454. The zero-order valence-corrected chi connectivity index (χ0v) is 40.0. The highest BCUT2D eigenvalue weighted by atomic mass is 19.4. The molecule has 0 aromatic heterocycles. The van der Waals surface area contributed by atoms with E-state index in [4.69, 9.17) is 16.2 Å². The molecule has 2 unspecified atom stereocenters. The molecule has 13 heteroatoms. The highest BCUT2D eigenvalue weighted by Gasteiger charge is 2.82. The van der Waals surface area contributed by atoms with E-state index in [2.05, 4.69) is 32.4 Å². The number of alkyl halides is 8. The van der Waals surface area contributed by atoms with Gasteiger partial charge in [0.25, 0.3) is 0 Å². The van der Waals surface area contributed by atoms with Gasteiger partial charge in [0, 0.05) is 23.4 Å². The minimum Gasteiger partial charge on any atom is -0.466 e. The number of hydrogen-bond donors (Lipinski definition) is 2. The third-order valence-electron chi connectivity index (χ3n) is 17.3. The third kappa shape index (κ3) is 12.3. The molecule has 1 aromatic rings. The van der Waals surface area contributed by atoms with Crippen LogP contribution in [-0.2, 0) is 20.2 Å². The van der Waals surface area contributed by atoms with E-state index in [9.17, 15) is 22.4 Å². The van der Waals surface area contributed by atoms with Gasteiger partial charge in [0.2, 0.25) is 0 Å². The predicted molar refractivity (Wildman–Crippen MR) is 243 cm³/mol. The molecular formula is C52H82F8N2O3. The Morgan fingerprint density at radius 3 is 1.77 bits per heavy atom. The van der Waals surface area contributed by atoms with Crippen molar-refractivity contribution in [2.75, 3.05) is 18.1 Å². The molecule has 4 saturated carbocycles. The van der Waals surface area contributed by atoms with E-state index in [0.29, 0.717) is 61.7 Å². The molecule has 0 radical (unpaired) electrons. The minimum atomic E-state index is -6.57. The van der Waals surface area contributed by atoms with Crippen LogP contribution in [0.1, 0.15) is 207 Å². The van der Waals surface area contributed by atoms with Crippen molar-refractivity contribution in [2.45, 2.75) is 231 Å². The van der Waals surface area contributed by atoms with Gasteiger partial charge < -0.3 is 20.9 Å². The summed E-state index contributed by atoms with van der Waals surface area (Å²) in [5.74, 6) is -17.2. The van der Waals surface area contributed by atoms with Gasteiger partial charge in [0.05, 0.1) is 12.7 Å². The summed E-state index contributed by atoms with van der Waals surface area (Å²) in [6.07, 6.45) is 20.3. The maximum absolute atomic E-state index is 15.2. The molecule has 0 amide bonds. The Morgan fingerprint density at radius 1 is 0.677 bits per heavy atom. The highest BCUT2D eigenvalue weighted by molar-refractivity contribution is 5.69. The van der Waals surface area contributed by atoms with Gasteiger partial charge in [0.1, 0.15) is 0 Å². The van der Waals surface area contributed by atoms with Gasteiger partial charge in [-0.15, -0.1) is 0 Å². The van der Waals surface area contributed by atoms with Gasteiger partial charge in [0.15, 0.2) is 0 Å². The van der Waals surface area contributed by atoms with Crippen molar-refractivity contribution in [3.8, 4) is 0 Å². The summed E-state index contributed by atoms with van der Waals surface area (Å²) in [6.45, 7) is 9.55. The summed E-state index contributed by atoms with van der Waals surface area (Å²) in [6, 6.07) is 1.55. The van der Waals surface area contributed by atoms with Crippen molar-refractivity contribution in [1.82, 2.24) is 0 Å². The number of hydrogen-bond acceptors (Lipinski definition) is 5. The van der Waals surface area contributed by atoms with E-state index in [1.807, 2.05) is 0 Å². The quantitative estimate of drug-likeness (QED) is 0.0397. The molecule has 0 bridgehead atoms. The van der Waals surface area contributed by atoms with Gasteiger partial charge in [-0.1, -0.05) is 124 Å². The number of halogens is 8. The van der Waals surface area contributed by atoms with Crippen LogP contribution in [0.2, 0.25) is 0 Å².